The van der Waals surface area contributed by atoms with Crippen LogP contribution in [0, 0.1) is 13.8 Å². The first-order valence-corrected chi connectivity index (χ1v) is 10.9. The molecule has 1 N–H and O–H groups in total. The summed E-state index contributed by atoms with van der Waals surface area (Å²) in [5.74, 6) is 0.518. The van der Waals surface area contributed by atoms with E-state index in [1.807, 2.05) is 39.0 Å². The molecular formula is C24H24N2O5S. The molecule has 0 atom stereocenters. The van der Waals surface area contributed by atoms with Crippen molar-refractivity contribution < 1.29 is 23.8 Å². The van der Waals surface area contributed by atoms with Crippen LogP contribution in [-0.4, -0.2) is 31.3 Å². The second-order valence-corrected chi connectivity index (χ2v) is 7.78. The van der Waals surface area contributed by atoms with Crippen LogP contribution in [0.25, 0.3) is 0 Å². The summed E-state index contributed by atoms with van der Waals surface area (Å²) < 4.78 is 16.5. The highest BCUT2D eigenvalue weighted by Gasteiger charge is 2.14. The van der Waals surface area contributed by atoms with Crippen LogP contribution < -0.4 is 19.6 Å². The van der Waals surface area contributed by atoms with Gasteiger partial charge in [-0.15, -0.1) is 11.3 Å². The van der Waals surface area contributed by atoms with Gasteiger partial charge in [0.25, 0.3) is 5.91 Å². The fraction of sp³-hybridized carbons (Fsp3) is 0.208. The lowest BCUT2D eigenvalue weighted by Gasteiger charge is -2.11. The number of thiophene rings is 1. The molecule has 1 amide bonds. The third-order valence-electron chi connectivity index (χ3n) is 4.44. The Balaban J connectivity index is 1.57. The van der Waals surface area contributed by atoms with Gasteiger partial charge < -0.3 is 14.2 Å². The van der Waals surface area contributed by atoms with Gasteiger partial charge in [0.2, 0.25) is 0 Å². The zero-order chi connectivity index (χ0) is 22.9. The summed E-state index contributed by atoms with van der Waals surface area (Å²) in [5.41, 5.74) is 5.34. The Labute approximate surface area is 190 Å². The van der Waals surface area contributed by atoms with Crippen molar-refractivity contribution in [3.05, 3.63) is 75.5 Å². The van der Waals surface area contributed by atoms with Crippen LogP contribution in [0.15, 0.2) is 59.0 Å². The highest BCUT2D eigenvalue weighted by molar-refractivity contribution is 7.12. The molecule has 0 fully saturated rings. The first-order valence-electron chi connectivity index (χ1n) is 10.0. The number of benzene rings is 2. The number of esters is 1. The minimum atomic E-state index is -0.446. The number of carbonyl (C=O) groups excluding carboxylic acids is 2. The number of hydrogen-bond acceptors (Lipinski definition) is 7. The topological polar surface area (TPSA) is 86.2 Å². The fourth-order valence-corrected chi connectivity index (χ4v) is 3.26. The van der Waals surface area contributed by atoms with Crippen LogP contribution in [0.4, 0.5) is 0 Å². The van der Waals surface area contributed by atoms with Crippen molar-refractivity contribution in [2.45, 2.75) is 20.8 Å². The van der Waals surface area contributed by atoms with Gasteiger partial charge in [-0.2, -0.15) is 5.10 Å². The minimum Gasteiger partial charge on any atom is -0.490 e. The lowest BCUT2D eigenvalue weighted by Crippen LogP contribution is -2.24. The molecule has 3 rings (SSSR count). The number of carbonyl (C=O) groups is 2. The zero-order valence-electron chi connectivity index (χ0n) is 18.1. The number of rotatable bonds is 9. The molecule has 32 heavy (non-hydrogen) atoms. The zero-order valence-corrected chi connectivity index (χ0v) is 18.9. The normalized spacial score (nSPS) is 10.7. The third-order valence-corrected chi connectivity index (χ3v) is 5.29. The van der Waals surface area contributed by atoms with E-state index in [4.69, 9.17) is 14.2 Å². The molecule has 0 radical (unpaired) electrons. The molecule has 166 valence electrons. The maximum atomic E-state index is 12.2. The number of amides is 1. The van der Waals surface area contributed by atoms with E-state index in [9.17, 15) is 9.59 Å². The van der Waals surface area contributed by atoms with E-state index in [-0.39, 0.29) is 12.5 Å². The van der Waals surface area contributed by atoms with Crippen molar-refractivity contribution in [1.82, 2.24) is 5.43 Å². The lowest BCUT2D eigenvalue weighted by molar-refractivity contribution is -0.123. The van der Waals surface area contributed by atoms with Crippen molar-refractivity contribution in [1.29, 1.82) is 0 Å². The quantitative estimate of drug-likeness (QED) is 0.223. The van der Waals surface area contributed by atoms with E-state index >= 15 is 0 Å². The standard InChI is InChI=1S/C24H24N2O5S/c1-4-29-21-13-18(8-10-20(21)31-24(28)22-6-5-11-32-22)14-25-26-23(27)15-30-19-9-7-16(2)17(3)12-19/h5-14H,4,15H2,1-3H3,(H,26,27)/b25-14+. The second kappa shape index (κ2) is 11.1. The molecule has 2 aromatic carbocycles. The summed E-state index contributed by atoms with van der Waals surface area (Å²) in [4.78, 5) is 24.7. The second-order valence-electron chi connectivity index (χ2n) is 6.83. The van der Waals surface area contributed by atoms with Crippen molar-refractivity contribution in [3.8, 4) is 17.2 Å². The van der Waals surface area contributed by atoms with Gasteiger partial charge in [-0.1, -0.05) is 12.1 Å². The number of ether oxygens (including phenoxy) is 3. The minimum absolute atomic E-state index is 0.151. The maximum absolute atomic E-state index is 12.2. The molecule has 1 aromatic heterocycles. The predicted octanol–water partition coefficient (Wildman–Crippen LogP) is 4.51. The van der Waals surface area contributed by atoms with E-state index in [0.717, 1.165) is 11.1 Å². The van der Waals surface area contributed by atoms with Gasteiger partial charge >= 0.3 is 5.97 Å². The van der Waals surface area contributed by atoms with E-state index in [1.165, 1.54) is 17.6 Å². The summed E-state index contributed by atoms with van der Waals surface area (Å²) in [7, 11) is 0. The SMILES string of the molecule is CCOc1cc(/C=N/NC(=O)COc2ccc(C)c(C)c2)ccc1OC(=O)c1cccs1. The molecule has 0 saturated carbocycles. The van der Waals surface area contributed by atoms with Gasteiger partial charge in [0.05, 0.1) is 12.8 Å². The molecule has 1 heterocycles. The molecule has 0 saturated heterocycles. The van der Waals surface area contributed by atoms with E-state index in [0.29, 0.717) is 34.3 Å². The molecular weight excluding hydrogens is 428 g/mol. The van der Waals surface area contributed by atoms with Gasteiger partial charge in [0.15, 0.2) is 18.1 Å². The molecule has 0 unspecified atom stereocenters. The van der Waals surface area contributed by atoms with Crippen LogP contribution in [0.1, 0.15) is 33.3 Å². The Morgan fingerprint density at radius 1 is 1.03 bits per heavy atom. The smallest absolute Gasteiger partial charge is 0.353 e. The molecule has 0 aliphatic rings. The van der Waals surface area contributed by atoms with Crippen LogP contribution in [-0.2, 0) is 4.79 Å². The number of hydrazone groups is 1. The Hall–Kier alpha value is -3.65. The average molecular weight is 453 g/mol. The highest BCUT2D eigenvalue weighted by atomic mass is 32.1. The van der Waals surface area contributed by atoms with E-state index in [2.05, 4.69) is 10.5 Å². The van der Waals surface area contributed by atoms with E-state index in [1.54, 1.807) is 35.7 Å². The van der Waals surface area contributed by atoms with Crippen LogP contribution in [0.5, 0.6) is 17.2 Å². The fourth-order valence-electron chi connectivity index (χ4n) is 2.67. The Bertz CT molecular complexity index is 1110. The van der Waals surface area contributed by atoms with Gasteiger partial charge in [0.1, 0.15) is 10.6 Å². The monoisotopic (exact) mass is 452 g/mol. The van der Waals surface area contributed by atoms with Crippen LogP contribution >= 0.6 is 11.3 Å². The highest BCUT2D eigenvalue weighted by Crippen LogP contribution is 2.29. The third kappa shape index (κ3) is 6.42. The van der Waals surface area contributed by atoms with Gasteiger partial charge in [-0.25, -0.2) is 10.2 Å². The molecule has 7 nitrogen and oxygen atoms in total. The summed E-state index contributed by atoms with van der Waals surface area (Å²) in [6.45, 7) is 6.08. The van der Waals surface area contributed by atoms with Crippen molar-refractivity contribution in [3.63, 3.8) is 0 Å². The maximum Gasteiger partial charge on any atom is 0.353 e. The molecule has 0 bridgehead atoms. The molecule has 8 heteroatoms. The Morgan fingerprint density at radius 2 is 1.88 bits per heavy atom. The lowest BCUT2D eigenvalue weighted by atomic mass is 10.1. The summed E-state index contributed by atoms with van der Waals surface area (Å²) in [6, 6.07) is 14.1. The van der Waals surface area contributed by atoms with E-state index < -0.39 is 5.97 Å². The van der Waals surface area contributed by atoms with Crippen LogP contribution in [0.3, 0.4) is 0 Å². The van der Waals surface area contributed by atoms with Crippen molar-refractivity contribution in [2.24, 2.45) is 5.10 Å². The predicted molar refractivity (Wildman–Crippen MR) is 124 cm³/mol. The average Bonchev–Trinajstić information content (AvgIpc) is 3.32. The largest absolute Gasteiger partial charge is 0.490 e. The van der Waals surface area contributed by atoms with Gasteiger partial charge in [-0.3, -0.25) is 4.79 Å². The first kappa shape index (κ1) is 23.0. The first-order chi connectivity index (χ1) is 15.5. The number of hydrogen-bond donors (Lipinski definition) is 1. The van der Waals surface area contributed by atoms with Gasteiger partial charge in [-0.05, 0) is 79.2 Å². The van der Waals surface area contributed by atoms with Crippen molar-refractivity contribution in [2.75, 3.05) is 13.2 Å². The summed E-state index contributed by atoms with van der Waals surface area (Å²) >= 11 is 1.30. The summed E-state index contributed by atoms with van der Waals surface area (Å²) in [5, 5.41) is 5.76. The Morgan fingerprint density at radius 3 is 2.59 bits per heavy atom. The molecule has 0 aliphatic carbocycles. The number of nitrogens with one attached hydrogen (secondary N) is 1. The van der Waals surface area contributed by atoms with Gasteiger partial charge in [0, 0.05) is 0 Å². The number of aryl methyl sites for hydroxylation is 2. The summed E-state index contributed by atoms with van der Waals surface area (Å²) in [6.07, 6.45) is 1.47. The molecule has 0 aliphatic heterocycles. The Kier molecular flexibility index (Phi) is 7.99. The molecule has 3 aromatic rings. The number of nitrogens with zero attached hydrogens (tertiary/aromatic N) is 1. The van der Waals surface area contributed by atoms with Crippen molar-refractivity contribution >= 4 is 29.4 Å². The van der Waals surface area contributed by atoms with Crippen LogP contribution in [0.2, 0.25) is 0 Å². The molecule has 0 spiro atoms.